The van der Waals surface area contributed by atoms with E-state index in [2.05, 4.69) is 6.07 Å². The molecule has 2 N–H and O–H groups in total. The lowest BCUT2D eigenvalue weighted by atomic mass is 10.0. The highest BCUT2D eigenvalue weighted by Crippen LogP contribution is 2.22. The van der Waals surface area contributed by atoms with Gasteiger partial charge < -0.3 is 5.73 Å². The molecule has 0 saturated carbocycles. The van der Waals surface area contributed by atoms with Crippen LogP contribution >= 0.6 is 11.8 Å². The van der Waals surface area contributed by atoms with Crippen LogP contribution in [0.4, 0.5) is 0 Å². The Morgan fingerprint density at radius 3 is 2.42 bits per heavy atom. The van der Waals surface area contributed by atoms with E-state index >= 15 is 0 Å². The summed E-state index contributed by atoms with van der Waals surface area (Å²) in [5.74, 6) is 0.854. The first kappa shape index (κ1) is 16.0. The van der Waals surface area contributed by atoms with E-state index in [-0.39, 0.29) is 0 Å². The van der Waals surface area contributed by atoms with Crippen molar-refractivity contribution < 1.29 is 8.42 Å². The van der Waals surface area contributed by atoms with Crippen LogP contribution in [0.1, 0.15) is 19.8 Å². The molecule has 0 aliphatic rings. The molecule has 0 spiro atoms. The van der Waals surface area contributed by atoms with Crippen molar-refractivity contribution in [3.05, 3.63) is 24.3 Å². The van der Waals surface area contributed by atoms with Gasteiger partial charge in [-0.3, -0.25) is 0 Å². The second-order valence-corrected chi connectivity index (χ2v) is 7.91. The van der Waals surface area contributed by atoms with Crippen LogP contribution in [0.2, 0.25) is 0 Å². The van der Waals surface area contributed by atoms with Crippen LogP contribution in [0.5, 0.6) is 0 Å². The van der Waals surface area contributed by atoms with E-state index in [0.717, 1.165) is 17.1 Å². The van der Waals surface area contributed by atoms with Crippen LogP contribution in [0.25, 0.3) is 0 Å². The lowest BCUT2D eigenvalue weighted by Gasteiger charge is -2.14. The van der Waals surface area contributed by atoms with Crippen molar-refractivity contribution in [3.8, 4) is 6.07 Å². The third-order valence-electron chi connectivity index (χ3n) is 2.62. The summed E-state index contributed by atoms with van der Waals surface area (Å²) in [4.78, 5) is 1.35. The van der Waals surface area contributed by atoms with Crippen LogP contribution in [0.3, 0.4) is 0 Å². The monoisotopic (exact) mass is 298 g/mol. The summed E-state index contributed by atoms with van der Waals surface area (Å²) in [5.41, 5.74) is 4.96. The number of nitrogens with zero attached hydrogens (tertiary/aromatic N) is 1. The lowest BCUT2D eigenvalue weighted by Crippen LogP contribution is -2.33. The normalized spacial score (nSPS) is 14.6. The zero-order chi connectivity index (χ0) is 14.5. The van der Waals surface area contributed by atoms with E-state index in [4.69, 9.17) is 11.0 Å². The zero-order valence-corrected chi connectivity index (χ0v) is 12.7. The van der Waals surface area contributed by atoms with E-state index in [1.165, 1.54) is 6.26 Å². The number of rotatable bonds is 6. The molecular weight excluding hydrogens is 280 g/mol. The maximum Gasteiger partial charge on any atom is 0.175 e. The summed E-state index contributed by atoms with van der Waals surface area (Å²) >= 11 is 1.63. The lowest BCUT2D eigenvalue weighted by molar-refractivity contribution is 0.540. The van der Waals surface area contributed by atoms with Crippen molar-refractivity contribution >= 4 is 21.6 Å². The van der Waals surface area contributed by atoms with Crippen molar-refractivity contribution in [1.29, 1.82) is 5.26 Å². The molecule has 0 aliphatic heterocycles. The summed E-state index contributed by atoms with van der Waals surface area (Å²) in [6, 6.07) is 8.89. The van der Waals surface area contributed by atoms with Crippen LogP contribution in [-0.4, -0.2) is 26.0 Å². The third kappa shape index (κ3) is 5.64. The van der Waals surface area contributed by atoms with Gasteiger partial charge in [-0.2, -0.15) is 5.26 Å². The first-order chi connectivity index (χ1) is 8.74. The number of sulfone groups is 1. The van der Waals surface area contributed by atoms with Crippen molar-refractivity contribution in [2.24, 2.45) is 5.73 Å². The zero-order valence-electron chi connectivity index (χ0n) is 11.1. The first-order valence-corrected chi connectivity index (χ1v) is 8.75. The highest BCUT2D eigenvalue weighted by molar-refractivity contribution is 7.99. The van der Waals surface area contributed by atoms with Gasteiger partial charge in [0.05, 0.1) is 11.0 Å². The van der Waals surface area contributed by atoms with Gasteiger partial charge in [-0.15, -0.1) is 11.8 Å². The molecule has 0 amide bonds. The fourth-order valence-corrected chi connectivity index (χ4v) is 2.95. The fourth-order valence-electron chi connectivity index (χ4n) is 1.47. The Hall–Kier alpha value is -1.03. The molecule has 6 heteroatoms. The van der Waals surface area contributed by atoms with Crippen LogP contribution in [-0.2, 0) is 9.84 Å². The molecule has 0 aromatic heterocycles. The molecular formula is C13H18N2O2S2. The average Bonchev–Trinajstić information content (AvgIpc) is 2.34. The smallest absolute Gasteiger partial charge is 0.175 e. The Balaban J connectivity index is 2.46. The molecule has 1 atom stereocenters. The van der Waals surface area contributed by atoms with E-state index in [9.17, 15) is 8.42 Å². The molecule has 1 aromatic rings. The van der Waals surface area contributed by atoms with Gasteiger partial charge in [0.15, 0.2) is 9.84 Å². The van der Waals surface area contributed by atoms with E-state index in [1.807, 2.05) is 0 Å². The number of hydrogen-bond donors (Lipinski definition) is 1. The van der Waals surface area contributed by atoms with Gasteiger partial charge in [0.25, 0.3) is 0 Å². The van der Waals surface area contributed by atoms with Crippen LogP contribution in [0.15, 0.2) is 34.1 Å². The SMILES string of the molecule is CC(N)(C#N)CCCSc1ccc(S(C)(=O)=O)cc1. The average molecular weight is 298 g/mol. The second kappa shape index (κ2) is 6.42. The molecule has 1 rings (SSSR count). The Labute approximate surface area is 118 Å². The highest BCUT2D eigenvalue weighted by Gasteiger charge is 2.16. The molecule has 0 radical (unpaired) electrons. The summed E-state index contributed by atoms with van der Waals surface area (Å²) in [6.45, 7) is 1.72. The Kier molecular flexibility index (Phi) is 5.41. The predicted molar refractivity (Wildman–Crippen MR) is 77.7 cm³/mol. The summed E-state index contributed by atoms with van der Waals surface area (Å²) < 4.78 is 22.6. The number of benzene rings is 1. The standard InChI is InChI=1S/C13H18N2O2S2/c1-13(15,10-14)8-3-9-18-11-4-6-12(7-5-11)19(2,16)17/h4-7H,3,8-9,15H2,1-2H3. The number of nitrogens with two attached hydrogens (primary N) is 1. The maximum atomic E-state index is 11.3. The molecule has 0 heterocycles. The highest BCUT2D eigenvalue weighted by atomic mass is 32.2. The van der Waals surface area contributed by atoms with E-state index in [1.54, 1.807) is 43.0 Å². The minimum atomic E-state index is -3.13. The van der Waals surface area contributed by atoms with Crippen molar-refractivity contribution in [2.45, 2.75) is 35.1 Å². The van der Waals surface area contributed by atoms with Crippen molar-refractivity contribution in [1.82, 2.24) is 0 Å². The van der Waals surface area contributed by atoms with E-state index < -0.39 is 15.4 Å². The first-order valence-electron chi connectivity index (χ1n) is 5.88. The van der Waals surface area contributed by atoms with Crippen molar-refractivity contribution in [2.75, 3.05) is 12.0 Å². The van der Waals surface area contributed by atoms with Gasteiger partial charge >= 0.3 is 0 Å². The Morgan fingerprint density at radius 1 is 1.37 bits per heavy atom. The molecule has 104 valence electrons. The summed E-state index contributed by atoms with van der Waals surface area (Å²) in [5, 5.41) is 8.78. The van der Waals surface area contributed by atoms with Gasteiger partial charge in [0.2, 0.25) is 0 Å². The third-order valence-corrected chi connectivity index (χ3v) is 4.84. The van der Waals surface area contributed by atoms with Crippen LogP contribution in [0, 0.1) is 11.3 Å². The quantitative estimate of drug-likeness (QED) is 0.643. The Bertz CT molecular complexity index is 557. The molecule has 19 heavy (non-hydrogen) atoms. The number of nitriles is 1. The molecule has 1 unspecified atom stereocenters. The van der Waals surface area contributed by atoms with Crippen molar-refractivity contribution in [3.63, 3.8) is 0 Å². The van der Waals surface area contributed by atoms with E-state index in [0.29, 0.717) is 11.3 Å². The number of hydrogen-bond acceptors (Lipinski definition) is 5. The summed E-state index contributed by atoms with van der Waals surface area (Å²) in [6.07, 6.45) is 2.69. The minimum absolute atomic E-state index is 0.330. The van der Waals surface area contributed by atoms with Gasteiger partial charge in [0, 0.05) is 11.2 Å². The molecule has 0 fully saturated rings. The molecule has 0 saturated heterocycles. The topological polar surface area (TPSA) is 83.9 Å². The minimum Gasteiger partial charge on any atom is -0.314 e. The molecule has 0 bridgehead atoms. The van der Waals surface area contributed by atoms with Gasteiger partial charge in [-0.25, -0.2) is 8.42 Å². The Morgan fingerprint density at radius 2 is 1.95 bits per heavy atom. The fraction of sp³-hybridized carbons (Fsp3) is 0.462. The van der Waals surface area contributed by atoms with Gasteiger partial charge in [-0.05, 0) is 49.8 Å². The molecule has 4 nitrogen and oxygen atoms in total. The summed E-state index contributed by atoms with van der Waals surface area (Å²) in [7, 11) is -3.13. The second-order valence-electron chi connectivity index (χ2n) is 4.72. The molecule has 1 aromatic carbocycles. The largest absolute Gasteiger partial charge is 0.314 e. The van der Waals surface area contributed by atoms with Gasteiger partial charge in [-0.1, -0.05) is 0 Å². The number of thioether (sulfide) groups is 1. The van der Waals surface area contributed by atoms with Crippen LogP contribution < -0.4 is 5.73 Å². The molecule has 0 aliphatic carbocycles. The maximum absolute atomic E-state index is 11.3. The predicted octanol–water partition coefficient (Wildman–Crippen LogP) is 2.20. The van der Waals surface area contributed by atoms with Gasteiger partial charge in [0.1, 0.15) is 5.54 Å².